The standard InChI is InChI=1S/C14H23N3O2/c1-3-4-11-5-6-17(8-11)9-12-7-10(2)13(19-12)14(18)16-15/h7,11H,3-6,8-9,15H2,1-2H3,(H,16,18). The van der Waals surface area contributed by atoms with Crippen molar-refractivity contribution in [2.24, 2.45) is 11.8 Å². The number of furan rings is 1. The monoisotopic (exact) mass is 265 g/mol. The Bertz CT molecular complexity index is 442. The van der Waals surface area contributed by atoms with E-state index in [9.17, 15) is 4.79 Å². The zero-order chi connectivity index (χ0) is 13.8. The molecule has 1 aromatic heterocycles. The van der Waals surface area contributed by atoms with Crippen LogP contribution >= 0.6 is 0 Å². The molecule has 2 rings (SSSR count). The first-order valence-electron chi connectivity index (χ1n) is 6.96. The third-order valence-electron chi connectivity index (χ3n) is 3.75. The summed E-state index contributed by atoms with van der Waals surface area (Å²) in [6.45, 7) is 7.12. The summed E-state index contributed by atoms with van der Waals surface area (Å²) in [5.74, 6) is 6.74. The SMILES string of the molecule is CCCC1CCN(Cc2cc(C)c(C(=O)NN)o2)C1. The molecule has 1 aliphatic rings. The zero-order valence-electron chi connectivity index (χ0n) is 11.7. The molecule has 0 bridgehead atoms. The Labute approximate surface area is 114 Å². The molecule has 1 atom stereocenters. The average molecular weight is 265 g/mol. The van der Waals surface area contributed by atoms with Crippen LogP contribution in [-0.4, -0.2) is 23.9 Å². The van der Waals surface area contributed by atoms with Gasteiger partial charge in [0.1, 0.15) is 5.76 Å². The molecular weight excluding hydrogens is 242 g/mol. The quantitative estimate of drug-likeness (QED) is 0.484. The first kappa shape index (κ1) is 14.1. The highest BCUT2D eigenvalue weighted by Crippen LogP contribution is 2.24. The summed E-state index contributed by atoms with van der Waals surface area (Å²) in [5, 5.41) is 0. The van der Waals surface area contributed by atoms with Crippen molar-refractivity contribution in [2.45, 2.75) is 39.7 Å². The Kier molecular flexibility index (Phi) is 4.61. The predicted octanol–water partition coefficient (Wildman–Crippen LogP) is 1.81. The van der Waals surface area contributed by atoms with Crippen molar-refractivity contribution in [2.75, 3.05) is 13.1 Å². The molecule has 0 aromatic carbocycles. The van der Waals surface area contributed by atoms with E-state index in [2.05, 4.69) is 17.2 Å². The number of nitrogens with one attached hydrogen (secondary N) is 1. The van der Waals surface area contributed by atoms with Gasteiger partial charge in [0.05, 0.1) is 6.54 Å². The number of hydrogen-bond acceptors (Lipinski definition) is 4. The Morgan fingerprint density at radius 2 is 2.42 bits per heavy atom. The Morgan fingerprint density at radius 1 is 1.63 bits per heavy atom. The van der Waals surface area contributed by atoms with Gasteiger partial charge >= 0.3 is 5.91 Å². The van der Waals surface area contributed by atoms with Crippen LogP contribution < -0.4 is 11.3 Å². The minimum atomic E-state index is -0.367. The molecule has 1 aliphatic heterocycles. The van der Waals surface area contributed by atoms with E-state index in [0.717, 1.165) is 36.9 Å². The number of carbonyl (C=O) groups excluding carboxylic acids is 1. The van der Waals surface area contributed by atoms with E-state index in [1.54, 1.807) is 0 Å². The van der Waals surface area contributed by atoms with Crippen molar-refractivity contribution in [1.29, 1.82) is 0 Å². The number of hydrogen-bond donors (Lipinski definition) is 2. The Balaban J connectivity index is 1.95. The second-order valence-corrected chi connectivity index (χ2v) is 5.38. The molecule has 106 valence electrons. The van der Waals surface area contributed by atoms with E-state index in [4.69, 9.17) is 10.3 Å². The highest BCUT2D eigenvalue weighted by atomic mass is 16.4. The minimum absolute atomic E-state index is 0.321. The highest BCUT2D eigenvalue weighted by molar-refractivity contribution is 5.92. The molecule has 5 heteroatoms. The molecule has 2 heterocycles. The maximum Gasteiger partial charge on any atom is 0.301 e. The summed E-state index contributed by atoms with van der Waals surface area (Å²) in [7, 11) is 0. The first-order chi connectivity index (χ1) is 9.13. The van der Waals surface area contributed by atoms with E-state index >= 15 is 0 Å². The first-order valence-corrected chi connectivity index (χ1v) is 6.96. The molecule has 1 fully saturated rings. The summed E-state index contributed by atoms with van der Waals surface area (Å²) in [6.07, 6.45) is 3.82. The van der Waals surface area contributed by atoms with Crippen LogP contribution in [-0.2, 0) is 6.54 Å². The molecule has 19 heavy (non-hydrogen) atoms. The fraction of sp³-hybridized carbons (Fsp3) is 0.643. The highest BCUT2D eigenvalue weighted by Gasteiger charge is 2.23. The molecule has 1 unspecified atom stereocenters. The number of nitrogens with two attached hydrogens (primary N) is 1. The van der Waals surface area contributed by atoms with Crippen molar-refractivity contribution < 1.29 is 9.21 Å². The molecule has 5 nitrogen and oxygen atoms in total. The lowest BCUT2D eigenvalue weighted by Crippen LogP contribution is -2.30. The van der Waals surface area contributed by atoms with E-state index < -0.39 is 0 Å². The lowest BCUT2D eigenvalue weighted by Gasteiger charge is -2.13. The van der Waals surface area contributed by atoms with Gasteiger partial charge in [-0.3, -0.25) is 15.1 Å². The summed E-state index contributed by atoms with van der Waals surface area (Å²) in [6, 6.07) is 1.93. The molecule has 0 radical (unpaired) electrons. The molecule has 1 amide bonds. The minimum Gasteiger partial charge on any atom is -0.454 e. The molecule has 1 aromatic rings. The second kappa shape index (κ2) is 6.21. The molecule has 0 saturated carbocycles. The van der Waals surface area contributed by atoms with E-state index in [1.807, 2.05) is 13.0 Å². The topological polar surface area (TPSA) is 71.5 Å². The van der Waals surface area contributed by atoms with Gasteiger partial charge in [-0.25, -0.2) is 5.84 Å². The van der Waals surface area contributed by atoms with Crippen LogP contribution in [0.5, 0.6) is 0 Å². The molecule has 1 saturated heterocycles. The largest absolute Gasteiger partial charge is 0.454 e. The Morgan fingerprint density at radius 3 is 3.11 bits per heavy atom. The summed E-state index contributed by atoms with van der Waals surface area (Å²) in [5.41, 5.74) is 2.94. The maximum absolute atomic E-state index is 11.5. The van der Waals surface area contributed by atoms with Crippen molar-refractivity contribution in [3.05, 3.63) is 23.2 Å². The van der Waals surface area contributed by atoms with Crippen molar-refractivity contribution in [3.63, 3.8) is 0 Å². The van der Waals surface area contributed by atoms with Gasteiger partial charge in [-0.15, -0.1) is 0 Å². The Hall–Kier alpha value is -1.33. The average Bonchev–Trinajstić information content (AvgIpc) is 2.96. The van der Waals surface area contributed by atoms with Crippen LogP contribution in [0.4, 0.5) is 0 Å². The van der Waals surface area contributed by atoms with E-state index in [-0.39, 0.29) is 5.91 Å². The number of aryl methyl sites for hydroxylation is 1. The number of carbonyl (C=O) groups is 1. The number of hydrazine groups is 1. The number of nitrogen functional groups attached to an aromatic ring is 1. The third kappa shape index (κ3) is 3.36. The number of amides is 1. The lowest BCUT2D eigenvalue weighted by atomic mass is 10.0. The summed E-state index contributed by atoms with van der Waals surface area (Å²) >= 11 is 0. The predicted molar refractivity (Wildman–Crippen MR) is 73.4 cm³/mol. The number of rotatable bonds is 5. The van der Waals surface area contributed by atoms with Crippen LogP contribution in [0.25, 0.3) is 0 Å². The fourth-order valence-electron chi connectivity index (χ4n) is 2.84. The third-order valence-corrected chi connectivity index (χ3v) is 3.75. The van der Waals surface area contributed by atoms with Crippen molar-refractivity contribution in [3.8, 4) is 0 Å². The molecule has 3 N–H and O–H groups in total. The van der Waals surface area contributed by atoms with Crippen LogP contribution in [0.1, 0.15) is 48.1 Å². The molecule has 0 aliphatic carbocycles. The number of nitrogens with zero attached hydrogens (tertiary/aromatic N) is 1. The molecular formula is C14H23N3O2. The normalized spacial score (nSPS) is 19.8. The van der Waals surface area contributed by atoms with Crippen LogP contribution in [0.2, 0.25) is 0 Å². The van der Waals surface area contributed by atoms with E-state index in [0.29, 0.717) is 5.76 Å². The summed E-state index contributed by atoms with van der Waals surface area (Å²) in [4.78, 5) is 13.9. The number of likely N-dealkylation sites (tertiary alicyclic amines) is 1. The van der Waals surface area contributed by atoms with Gasteiger partial charge in [-0.2, -0.15) is 0 Å². The van der Waals surface area contributed by atoms with E-state index in [1.165, 1.54) is 19.3 Å². The van der Waals surface area contributed by atoms with Crippen LogP contribution in [0.15, 0.2) is 10.5 Å². The van der Waals surface area contributed by atoms with Gasteiger partial charge in [0.2, 0.25) is 0 Å². The van der Waals surface area contributed by atoms with Crippen LogP contribution in [0, 0.1) is 12.8 Å². The van der Waals surface area contributed by atoms with Crippen LogP contribution in [0.3, 0.4) is 0 Å². The van der Waals surface area contributed by atoms with Crippen molar-refractivity contribution >= 4 is 5.91 Å². The lowest BCUT2D eigenvalue weighted by molar-refractivity contribution is 0.0921. The summed E-state index contributed by atoms with van der Waals surface area (Å²) < 4.78 is 5.59. The zero-order valence-corrected chi connectivity index (χ0v) is 11.7. The molecule has 0 spiro atoms. The van der Waals surface area contributed by atoms with Gasteiger partial charge in [0.25, 0.3) is 0 Å². The van der Waals surface area contributed by atoms with Gasteiger partial charge in [0, 0.05) is 12.1 Å². The fourth-order valence-corrected chi connectivity index (χ4v) is 2.84. The second-order valence-electron chi connectivity index (χ2n) is 5.38. The van der Waals surface area contributed by atoms with Gasteiger partial charge in [0.15, 0.2) is 5.76 Å². The van der Waals surface area contributed by atoms with Gasteiger partial charge in [-0.05, 0) is 38.3 Å². The maximum atomic E-state index is 11.5. The van der Waals surface area contributed by atoms with Gasteiger partial charge in [-0.1, -0.05) is 13.3 Å². The van der Waals surface area contributed by atoms with Gasteiger partial charge < -0.3 is 4.42 Å². The smallest absolute Gasteiger partial charge is 0.301 e. The van der Waals surface area contributed by atoms with Crippen molar-refractivity contribution in [1.82, 2.24) is 10.3 Å².